The first-order valence-corrected chi connectivity index (χ1v) is 7.25. The van der Waals surface area contributed by atoms with Gasteiger partial charge in [-0.25, -0.2) is 0 Å². The maximum Gasteiger partial charge on any atom is 0.113 e. The van der Waals surface area contributed by atoms with Gasteiger partial charge in [0, 0.05) is 22.4 Å². The van der Waals surface area contributed by atoms with E-state index in [0.29, 0.717) is 12.0 Å². The van der Waals surface area contributed by atoms with Crippen molar-refractivity contribution in [2.24, 2.45) is 0 Å². The highest BCUT2D eigenvalue weighted by molar-refractivity contribution is 9.10. The molecule has 1 aliphatic carbocycles. The minimum absolute atomic E-state index is 0.635. The van der Waals surface area contributed by atoms with Crippen LogP contribution < -0.4 is 0 Å². The molecule has 0 radical (unpaired) electrons. The highest BCUT2D eigenvalue weighted by Crippen LogP contribution is 2.47. The molecular formula is C16H13BrN2O. The number of aliphatic hydroxyl groups is 1. The predicted molar refractivity (Wildman–Crippen MR) is 79.0 cm³/mol. The second-order valence-corrected chi connectivity index (χ2v) is 6.00. The fraction of sp³-hybridized carbons (Fsp3) is 0.250. The lowest BCUT2D eigenvalue weighted by molar-refractivity contribution is 0.110. The first-order valence-electron chi connectivity index (χ1n) is 6.45. The lowest BCUT2D eigenvalue weighted by atomic mass is 9.76. The summed E-state index contributed by atoms with van der Waals surface area (Å²) in [6.45, 7) is 0. The van der Waals surface area contributed by atoms with E-state index < -0.39 is 11.5 Å². The van der Waals surface area contributed by atoms with Gasteiger partial charge in [-0.3, -0.25) is 4.98 Å². The van der Waals surface area contributed by atoms with E-state index in [0.717, 1.165) is 22.0 Å². The second-order valence-electron chi connectivity index (χ2n) is 5.08. The van der Waals surface area contributed by atoms with Gasteiger partial charge in [0.2, 0.25) is 0 Å². The zero-order valence-electron chi connectivity index (χ0n) is 10.8. The quantitative estimate of drug-likeness (QED) is 0.920. The molecule has 0 amide bonds. The largest absolute Gasteiger partial charge is 0.386 e. The number of fused-ring (bicyclic) bond motifs is 1. The SMILES string of the molecule is N#CC1(C(O)c2cncc(Br)c2)CCc2ccccc21. The van der Waals surface area contributed by atoms with E-state index in [1.807, 2.05) is 30.3 Å². The maximum absolute atomic E-state index is 10.8. The number of nitriles is 1. The Balaban J connectivity index is 2.10. The van der Waals surface area contributed by atoms with Crippen LogP contribution in [0.25, 0.3) is 0 Å². The number of nitrogens with zero attached hydrogens (tertiary/aromatic N) is 2. The fourth-order valence-electron chi connectivity index (χ4n) is 2.96. The zero-order chi connectivity index (χ0) is 14.2. The van der Waals surface area contributed by atoms with Crippen LogP contribution in [0.2, 0.25) is 0 Å². The topological polar surface area (TPSA) is 56.9 Å². The molecular weight excluding hydrogens is 316 g/mol. The summed E-state index contributed by atoms with van der Waals surface area (Å²) in [6.07, 6.45) is 3.87. The van der Waals surface area contributed by atoms with Gasteiger partial charge in [-0.15, -0.1) is 0 Å². The monoisotopic (exact) mass is 328 g/mol. The van der Waals surface area contributed by atoms with Crippen LogP contribution in [-0.4, -0.2) is 10.1 Å². The van der Waals surface area contributed by atoms with Crippen LogP contribution in [0, 0.1) is 11.3 Å². The number of halogens is 1. The molecule has 0 saturated heterocycles. The van der Waals surface area contributed by atoms with Crippen molar-refractivity contribution in [3.63, 3.8) is 0 Å². The van der Waals surface area contributed by atoms with Gasteiger partial charge < -0.3 is 5.11 Å². The van der Waals surface area contributed by atoms with Crippen molar-refractivity contribution in [2.75, 3.05) is 0 Å². The van der Waals surface area contributed by atoms with Gasteiger partial charge in [0.15, 0.2) is 0 Å². The molecule has 1 N–H and O–H groups in total. The predicted octanol–water partition coefficient (Wildman–Crippen LogP) is 3.29. The average Bonchev–Trinajstić information content (AvgIpc) is 2.86. The molecule has 0 aliphatic heterocycles. The van der Waals surface area contributed by atoms with Crippen LogP contribution in [0.1, 0.15) is 29.2 Å². The lowest BCUT2D eigenvalue weighted by Gasteiger charge is -2.28. The zero-order valence-corrected chi connectivity index (χ0v) is 12.3. The third-order valence-corrected chi connectivity index (χ3v) is 4.43. The van der Waals surface area contributed by atoms with Crippen molar-refractivity contribution in [3.05, 3.63) is 63.9 Å². The maximum atomic E-state index is 10.8. The molecule has 100 valence electrons. The van der Waals surface area contributed by atoms with Crippen LogP contribution in [0.4, 0.5) is 0 Å². The normalized spacial score (nSPS) is 22.1. The number of hydrogen-bond acceptors (Lipinski definition) is 3. The molecule has 1 aromatic heterocycles. The highest BCUT2D eigenvalue weighted by atomic mass is 79.9. The molecule has 0 bridgehead atoms. The molecule has 20 heavy (non-hydrogen) atoms. The van der Waals surface area contributed by atoms with Crippen molar-refractivity contribution >= 4 is 15.9 Å². The standard InChI is InChI=1S/C16H13BrN2O/c17-13-7-12(8-19-9-13)15(20)16(10-18)6-5-11-3-1-2-4-14(11)16/h1-4,7-9,15,20H,5-6H2. The van der Waals surface area contributed by atoms with Crippen LogP contribution in [0.5, 0.6) is 0 Å². The summed E-state index contributed by atoms with van der Waals surface area (Å²) < 4.78 is 0.799. The molecule has 1 aliphatic rings. The van der Waals surface area contributed by atoms with Crippen molar-refractivity contribution in [2.45, 2.75) is 24.4 Å². The number of hydrogen-bond donors (Lipinski definition) is 1. The lowest BCUT2D eigenvalue weighted by Crippen LogP contribution is -2.29. The Labute approximate surface area is 126 Å². The molecule has 2 atom stereocenters. The van der Waals surface area contributed by atoms with Crippen molar-refractivity contribution in [1.82, 2.24) is 4.98 Å². The molecule has 0 saturated carbocycles. The van der Waals surface area contributed by atoms with Gasteiger partial charge >= 0.3 is 0 Å². The van der Waals surface area contributed by atoms with Crippen molar-refractivity contribution < 1.29 is 5.11 Å². The first-order chi connectivity index (χ1) is 9.67. The molecule has 3 rings (SSSR count). The summed E-state index contributed by atoms with van der Waals surface area (Å²) in [6, 6.07) is 12.0. The summed E-state index contributed by atoms with van der Waals surface area (Å²) in [7, 11) is 0. The number of aryl methyl sites for hydroxylation is 1. The van der Waals surface area contributed by atoms with Gasteiger partial charge in [-0.2, -0.15) is 5.26 Å². The van der Waals surface area contributed by atoms with Gasteiger partial charge in [-0.05, 0) is 46.0 Å². The van der Waals surface area contributed by atoms with E-state index in [9.17, 15) is 10.4 Å². The Morgan fingerprint density at radius 1 is 1.35 bits per heavy atom. The molecule has 1 heterocycles. The first kappa shape index (κ1) is 13.3. The Morgan fingerprint density at radius 2 is 2.15 bits per heavy atom. The third kappa shape index (κ3) is 1.94. The van der Waals surface area contributed by atoms with Gasteiger partial charge in [0.25, 0.3) is 0 Å². The van der Waals surface area contributed by atoms with Gasteiger partial charge in [0.1, 0.15) is 11.5 Å². The highest BCUT2D eigenvalue weighted by Gasteiger charge is 2.45. The van der Waals surface area contributed by atoms with E-state index in [-0.39, 0.29) is 0 Å². The summed E-state index contributed by atoms with van der Waals surface area (Å²) in [5, 5.41) is 20.5. The molecule has 3 nitrogen and oxygen atoms in total. The van der Waals surface area contributed by atoms with E-state index in [2.05, 4.69) is 27.0 Å². The summed E-state index contributed by atoms with van der Waals surface area (Å²) in [5.74, 6) is 0. The minimum Gasteiger partial charge on any atom is -0.386 e. The van der Waals surface area contributed by atoms with E-state index in [1.54, 1.807) is 12.4 Å². The van der Waals surface area contributed by atoms with E-state index in [4.69, 9.17) is 0 Å². The molecule has 4 heteroatoms. The van der Waals surface area contributed by atoms with Crippen molar-refractivity contribution in [1.29, 1.82) is 5.26 Å². The number of pyridine rings is 1. The van der Waals surface area contributed by atoms with E-state index in [1.165, 1.54) is 0 Å². The van der Waals surface area contributed by atoms with Crippen molar-refractivity contribution in [3.8, 4) is 6.07 Å². The van der Waals surface area contributed by atoms with Crippen LogP contribution in [0.3, 0.4) is 0 Å². The fourth-order valence-corrected chi connectivity index (χ4v) is 3.35. The number of aromatic nitrogens is 1. The summed E-state index contributed by atoms with van der Waals surface area (Å²) in [5.41, 5.74) is 1.88. The van der Waals surface area contributed by atoms with Gasteiger partial charge in [-0.1, -0.05) is 24.3 Å². The molecule has 2 unspecified atom stereocenters. The third-order valence-electron chi connectivity index (χ3n) is 3.99. The molecule has 0 spiro atoms. The van der Waals surface area contributed by atoms with Crippen LogP contribution >= 0.6 is 15.9 Å². The average molecular weight is 329 g/mol. The minimum atomic E-state index is -0.876. The number of benzene rings is 1. The van der Waals surface area contributed by atoms with Gasteiger partial charge in [0.05, 0.1) is 6.07 Å². The second kappa shape index (κ2) is 5.01. The Bertz CT molecular complexity index is 695. The summed E-state index contributed by atoms with van der Waals surface area (Å²) in [4.78, 5) is 4.08. The Kier molecular flexibility index (Phi) is 3.33. The van der Waals surface area contributed by atoms with Crippen LogP contribution in [-0.2, 0) is 11.8 Å². The molecule has 0 fully saturated rings. The van der Waals surface area contributed by atoms with Crippen LogP contribution in [0.15, 0.2) is 47.2 Å². The Hall–Kier alpha value is -1.70. The molecule has 1 aromatic carbocycles. The smallest absolute Gasteiger partial charge is 0.113 e. The van der Waals surface area contributed by atoms with E-state index >= 15 is 0 Å². The molecule has 2 aromatic rings. The number of aliphatic hydroxyl groups excluding tert-OH is 1. The number of rotatable bonds is 2. The summed E-state index contributed by atoms with van der Waals surface area (Å²) >= 11 is 3.35. The Morgan fingerprint density at radius 3 is 2.90 bits per heavy atom.